The standard InChI is InChI=1S/C14H17F3N2O2/c1-12(2,3)11-18-21-13(20,14(15,16)17)9-19(11)10-7-5-4-6-8-10/h4-8,20H,9H2,1-3H3. The first-order valence-electron chi connectivity index (χ1n) is 6.43. The van der Waals surface area contributed by atoms with E-state index in [4.69, 9.17) is 0 Å². The Balaban J connectivity index is 2.47. The summed E-state index contributed by atoms with van der Waals surface area (Å²) in [5, 5.41) is 13.3. The smallest absolute Gasteiger partial charge is 0.347 e. The van der Waals surface area contributed by atoms with Crippen molar-refractivity contribution in [2.24, 2.45) is 10.6 Å². The van der Waals surface area contributed by atoms with Crippen LogP contribution in [0.2, 0.25) is 0 Å². The van der Waals surface area contributed by atoms with Crippen molar-refractivity contribution in [3.63, 3.8) is 0 Å². The van der Waals surface area contributed by atoms with Gasteiger partial charge in [-0.3, -0.25) is 0 Å². The molecule has 0 amide bonds. The summed E-state index contributed by atoms with van der Waals surface area (Å²) < 4.78 is 38.9. The highest BCUT2D eigenvalue weighted by atomic mass is 19.4. The van der Waals surface area contributed by atoms with Gasteiger partial charge < -0.3 is 14.8 Å². The maximum Gasteiger partial charge on any atom is 0.459 e. The number of hydrogen-bond donors (Lipinski definition) is 1. The molecule has 1 unspecified atom stereocenters. The highest BCUT2D eigenvalue weighted by Gasteiger charge is 2.60. The lowest BCUT2D eigenvalue weighted by atomic mass is 9.93. The van der Waals surface area contributed by atoms with Crippen LogP contribution >= 0.6 is 0 Å². The Morgan fingerprint density at radius 1 is 1.19 bits per heavy atom. The zero-order chi connectivity index (χ0) is 15.9. The van der Waals surface area contributed by atoms with Crippen molar-refractivity contribution in [1.82, 2.24) is 0 Å². The molecule has 0 radical (unpaired) electrons. The fourth-order valence-corrected chi connectivity index (χ4v) is 1.99. The minimum atomic E-state index is -4.94. The molecule has 0 saturated carbocycles. The number of halogens is 3. The van der Waals surface area contributed by atoms with Gasteiger partial charge in [0, 0.05) is 11.1 Å². The van der Waals surface area contributed by atoms with Gasteiger partial charge in [0.25, 0.3) is 0 Å². The third-order valence-electron chi connectivity index (χ3n) is 3.09. The quantitative estimate of drug-likeness (QED) is 0.867. The van der Waals surface area contributed by atoms with Crippen LogP contribution in [-0.4, -0.2) is 29.5 Å². The van der Waals surface area contributed by atoms with Gasteiger partial charge in [0.15, 0.2) is 5.84 Å². The molecule has 21 heavy (non-hydrogen) atoms. The van der Waals surface area contributed by atoms with E-state index in [9.17, 15) is 18.3 Å². The Labute approximate surface area is 120 Å². The second kappa shape index (κ2) is 4.91. The summed E-state index contributed by atoms with van der Waals surface area (Å²) >= 11 is 0. The zero-order valence-corrected chi connectivity index (χ0v) is 12.0. The molecule has 1 aliphatic heterocycles. The van der Waals surface area contributed by atoms with E-state index in [1.807, 2.05) is 20.8 Å². The van der Waals surface area contributed by atoms with Crippen molar-refractivity contribution in [3.8, 4) is 0 Å². The number of benzene rings is 1. The van der Waals surface area contributed by atoms with Crippen LogP contribution in [0.5, 0.6) is 0 Å². The van der Waals surface area contributed by atoms with E-state index in [-0.39, 0.29) is 0 Å². The van der Waals surface area contributed by atoms with Crippen molar-refractivity contribution in [2.45, 2.75) is 32.7 Å². The molecular weight excluding hydrogens is 285 g/mol. The minimum absolute atomic E-state index is 0.322. The van der Waals surface area contributed by atoms with Gasteiger partial charge in [-0.25, -0.2) is 0 Å². The molecule has 116 valence electrons. The Kier molecular flexibility index (Phi) is 3.65. The van der Waals surface area contributed by atoms with Crippen LogP contribution in [0.3, 0.4) is 0 Å². The summed E-state index contributed by atoms with van der Waals surface area (Å²) in [5.41, 5.74) is -0.0277. The molecule has 1 aliphatic rings. The number of aliphatic hydroxyl groups is 1. The summed E-state index contributed by atoms with van der Waals surface area (Å²) in [4.78, 5) is 5.73. The molecule has 0 aliphatic carbocycles. The van der Waals surface area contributed by atoms with Gasteiger partial charge in [-0.2, -0.15) is 13.2 Å². The van der Waals surface area contributed by atoms with Crippen LogP contribution in [0.15, 0.2) is 35.5 Å². The van der Waals surface area contributed by atoms with E-state index in [2.05, 4.69) is 9.99 Å². The molecule has 1 heterocycles. The number of para-hydroxylation sites is 1. The lowest BCUT2D eigenvalue weighted by Crippen LogP contribution is -2.60. The normalized spacial score (nSPS) is 23.6. The van der Waals surface area contributed by atoms with E-state index in [0.29, 0.717) is 11.5 Å². The summed E-state index contributed by atoms with van der Waals surface area (Å²) in [7, 11) is 0. The summed E-state index contributed by atoms with van der Waals surface area (Å²) in [6.45, 7) is 4.66. The average molecular weight is 302 g/mol. The fourth-order valence-electron chi connectivity index (χ4n) is 1.99. The topological polar surface area (TPSA) is 45.1 Å². The van der Waals surface area contributed by atoms with Gasteiger partial charge in [-0.15, -0.1) is 0 Å². The Hall–Kier alpha value is -1.76. The number of β-amino-alcohol motifs (C(OH)–C–C–N with tert-alkyl or cyclic N) is 1. The predicted molar refractivity (Wildman–Crippen MR) is 72.8 cm³/mol. The van der Waals surface area contributed by atoms with Crippen LogP contribution in [0.25, 0.3) is 0 Å². The predicted octanol–water partition coefficient (Wildman–Crippen LogP) is 3.13. The Bertz CT molecular complexity index is 537. The van der Waals surface area contributed by atoms with Crippen LogP contribution in [0.4, 0.5) is 18.9 Å². The van der Waals surface area contributed by atoms with Crippen molar-refractivity contribution in [2.75, 3.05) is 11.4 Å². The van der Waals surface area contributed by atoms with Gasteiger partial charge >= 0.3 is 12.0 Å². The van der Waals surface area contributed by atoms with Crippen molar-refractivity contribution >= 4 is 11.5 Å². The molecule has 7 heteroatoms. The number of hydrogen-bond acceptors (Lipinski definition) is 4. The number of alkyl halides is 3. The number of oxime groups is 1. The van der Waals surface area contributed by atoms with Crippen LogP contribution < -0.4 is 4.90 Å². The largest absolute Gasteiger partial charge is 0.459 e. The average Bonchev–Trinajstić information content (AvgIpc) is 2.37. The lowest BCUT2D eigenvalue weighted by Gasteiger charge is -2.42. The third-order valence-corrected chi connectivity index (χ3v) is 3.09. The van der Waals surface area contributed by atoms with Gasteiger partial charge in [0.05, 0.1) is 0 Å². The third kappa shape index (κ3) is 2.97. The van der Waals surface area contributed by atoms with Crippen LogP contribution in [0.1, 0.15) is 20.8 Å². The van der Waals surface area contributed by atoms with Crippen LogP contribution in [-0.2, 0) is 4.84 Å². The molecule has 1 aromatic rings. The molecule has 0 saturated heterocycles. The summed E-state index contributed by atoms with van der Waals surface area (Å²) in [5.74, 6) is -3.00. The van der Waals surface area contributed by atoms with E-state index in [1.165, 1.54) is 4.90 Å². The first kappa shape index (κ1) is 15.6. The van der Waals surface area contributed by atoms with Crippen molar-refractivity contribution < 1.29 is 23.1 Å². The van der Waals surface area contributed by atoms with Gasteiger partial charge in [0.1, 0.15) is 6.54 Å². The van der Waals surface area contributed by atoms with Gasteiger partial charge in [0.2, 0.25) is 0 Å². The zero-order valence-electron chi connectivity index (χ0n) is 12.0. The van der Waals surface area contributed by atoms with Crippen molar-refractivity contribution in [3.05, 3.63) is 30.3 Å². The molecule has 4 nitrogen and oxygen atoms in total. The second-order valence-corrected chi connectivity index (χ2v) is 5.96. The minimum Gasteiger partial charge on any atom is -0.347 e. The fraction of sp³-hybridized carbons (Fsp3) is 0.500. The Morgan fingerprint density at radius 2 is 1.76 bits per heavy atom. The van der Waals surface area contributed by atoms with Gasteiger partial charge in [-0.1, -0.05) is 44.1 Å². The van der Waals surface area contributed by atoms with E-state index < -0.39 is 23.9 Å². The number of amidine groups is 1. The molecule has 1 N–H and O–H groups in total. The molecule has 0 fully saturated rings. The highest BCUT2D eigenvalue weighted by Crippen LogP contribution is 2.38. The molecule has 1 aromatic carbocycles. The van der Waals surface area contributed by atoms with Crippen LogP contribution in [0, 0.1) is 5.41 Å². The van der Waals surface area contributed by atoms with E-state index >= 15 is 0 Å². The van der Waals surface area contributed by atoms with E-state index in [1.54, 1.807) is 30.3 Å². The SMILES string of the molecule is CC(C)(C)C1=NOC(O)(C(F)(F)F)CN1c1ccccc1. The highest BCUT2D eigenvalue weighted by molar-refractivity contribution is 6.01. The molecule has 0 spiro atoms. The molecular formula is C14H17F3N2O2. The molecule has 0 aromatic heterocycles. The second-order valence-electron chi connectivity index (χ2n) is 5.96. The summed E-state index contributed by atoms with van der Waals surface area (Å²) in [6, 6.07) is 8.48. The number of anilines is 1. The monoisotopic (exact) mass is 302 g/mol. The first-order chi connectivity index (χ1) is 9.55. The maximum atomic E-state index is 13.0. The Morgan fingerprint density at radius 3 is 2.24 bits per heavy atom. The molecule has 0 bridgehead atoms. The van der Waals surface area contributed by atoms with Crippen molar-refractivity contribution in [1.29, 1.82) is 0 Å². The van der Waals surface area contributed by atoms with Gasteiger partial charge in [-0.05, 0) is 12.1 Å². The number of nitrogens with zero attached hydrogens (tertiary/aromatic N) is 2. The molecule has 2 rings (SSSR count). The lowest BCUT2D eigenvalue weighted by molar-refractivity contribution is -0.363. The number of rotatable bonds is 1. The molecule has 1 atom stereocenters. The summed E-state index contributed by atoms with van der Waals surface area (Å²) in [6.07, 6.45) is -4.94. The van der Waals surface area contributed by atoms with E-state index in [0.717, 1.165) is 0 Å². The maximum absolute atomic E-state index is 13.0. The first-order valence-corrected chi connectivity index (χ1v) is 6.43.